The highest BCUT2D eigenvalue weighted by atomic mass is 79.9. The summed E-state index contributed by atoms with van der Waals surface area (Å²) in [7, 11) is 2.06. The number of hydrogen-bond acceptors (Lipinski definition) is 6. The standard InChI is InChI=1S/C9H14BrN5S/c1-15(6-2-3-16-4-6)9-7(10)8(14-11)12-5-13-9/h5-6H,2-4,11H2,1H3,(H,12,13,14). The molecule has 1 aliphatic heterocycles. The minimum atomic E-state index is 0.543. The highest BCUT2D eigenvalue weighted by molar-refractivity contribution is 9.10. The lowest BCUT2D eigenvalue weighted by atomic mass is 10.2. The Bertz CT molecular complexity index is 369. The van der Waals surface area contributed by atoms with Gasteiger partial charge in [0.1, 0.15) is 16.6 Å². The molecule has 1 aromatic heterocycles. The molecule has 1 saturated heterocycles. The molecule has 1 fully saturated rings. The third kappa shape index (κ3) is 2.26. The lowest BCUT2D eigenvalue weighted by molar-refractivity contribution is 0.689. The summed E-state index contributed by atoms with van der Waals surface area (Å²) in [5.41, 5.74) is 2.55. The quantitative estimate of drug-likeness (QED) is 0.651. The zero-order chi connectivity index (χ0) is 11.5. The molecule has 16 heavy (non-hydrogen) atoms. The fourth-order valence-electron chi connectivity index (χ4n) is 1.71. The maximum absolute atomic E-state index is 5.38. The molecule has 0 bridgehead atoms. The van der Waals surface area contributed by atoms with Crippen molar-refractivity contribution in [1.29, 1.82) is 0 Å². The first-order chi connectivity index (χ1) is 7.74. The number of nitrogens with zero attached hydrogens (tertiary/aromatic N) is 3. The lowest BCUT2D eigenvalue weighted by Crippen LogP contribution is -2.32. The number of anilines is 2. The molecule has 1 atom stereocenters. The minimum Gasteiger partial charge on any atom is -0.355 e. The van der Waals surface area contributed by atoms with E-state index < -0.39 is 0 Å². The average Bonchev–Trinajstić information content (AvgIpc) is 2.82. The molecule has 2 rings (SSSR count). The van der Waals surface area contributed by atoms with Gasteiger partial charge in [-0.25, -0.2) is 15.8 Å². The highest BCUT2D eigenvalue weighted by Gasteiger charge is 2.23. The second-order valence-corrected chi connectivity index (χ2v) is 5.58. The van der Waals surface area contributed by atoms with Gasteiger partial charge in [-0.05, 0) is 28.1 Å². The van der Waals surface area contributed by atoms with Gasteiger partial charge in [0, 0.05) is 18.8 Å². The van der Waals surface area contributed by atoms with Gasteiger partial charge in [-0.15, -0.1) is 0 Å². The molecule has 0 radical (unpaired) electrons. The first-order valence-electron chi connectivity index (χ1n) is 5.01. The van der Waals surface area contributed by atoms with Crippen LogP contribution >= 0.6 is 27.7 Å². The molecule has 5 nitrogen and oxygen atoms in total. The van der Waals surface area contributed by atoms with Gasteiger partial charge >= 0.3 is 0 Å². The van der Waals surface area contributed by atoms with Crippen molar-refractivity contribution in [2.24, 2.45) is 5.84 Å². The van der Waals surface area contributed by atoms with Crippen molar-refractivity contribution in [1.82, 2.24) is 9.97 Å². The fraction of sp³-hybridized carbons (Fsp3) is 0.556. The van der Waals surface area contributed by atoms with Gasteiger partial charge in [0.15, 0.2) is 5.82 Å². The van der Waals surface area contributed by atoms with Crippen LogP contribution in [0.2, 0.25) is 0 Å². The van der Waals surface area contributed by atoms with Crippen LogP contribution in [0, 0.1) is 0 Å². The van der Waals surface area contributed by atoms with Gasteiger partial charge in [-0.1, -0.05) is 0 Å². The molecule has 1 aliphatic rings. The summed E-state index contributed by atoms with van der Waals surface area (Å²) in [6.07, 6.45) is 2.72. The molecule has 7 heteroatoms. The van der Waals surface area contributed by atoms with Crippen molar-refractivity contribution in [2.45, 2.75) is 12.5 Å². The molecular formula is C9H14BrN5S. The monoisotopic (exact) mass is 303 g/mol. The van der Waals surface area contributed by atoms with Crippen molar-refractivity contribution < 1.29 is 0 Å². The van der Waals surface area contributed by atoms with E-state index in [9.17, 15) is 0 Å². The van der Waals surface area contributed by atoms with Crippen molar-refractivity contribution in [2.75, 3.05) is 28.9 Å². The number of nitrogens with two attached hydrogens (primary N) is 1. The Labute approximate surface area is 107 Å². The summed E-state index contributed by atoms with van der Waals surface area (Å²) in [5, 5.41) is 0. The average molecular weight is 304 g/mol. The summed E-state index contributed by atoms with van der Waals surface area (Å²) in [6, 6.07) is 0.543. The number of aromatic nitrogens is 2. The molecule has 1 unspecified atom stereocenters. The van der Waals surface area contributed by atoms with E-state index in [-0.39, 0.29) is 0 Å². The Morgan fingerprint density at radius 3 is 3.06 bits per heavy atom. The molecule has 2 heterocycles. The first-order valence-corrected chi connectivity index (χ1v) is 6.96. The van der Waals surface area contributed by atoms with E-state index in [1.54, 1.807) is 0 Å². The number of rotatable bonds is 3. The highest BCUT2D eigenvalue weighted by Crippen LogP contribution is 2.32. The molecule has 0 aromatic carbocycles. The van der Waals surface area contributed by atoms with E-state index in [0.717, 1.165) is 16.0 Å². The van der Waals surface area contributed by atoms with E-state index >= 15 is 0 Å². The minimum absolute atomic E-state index is 0.543. The number of thioether (sulfide) groups is 1. The van der Waals surface area contributed by atoms with Gasteiger partial charge in [0.2, 0.25) is 0 Å². The van der Waals surface area contributed by atoms with Crippen LogP contribution in [-0.4, -0.2) is 34.6 Å². The summed E-state index contributed by atoms with van der Waals surface area (Å²) >= 11 is 5.45. The zero-order valence-electron chi connectivity index (χ0n) is 8.98. The Hall–Kier alpha value is -0.530. The van der Waals surface area contributed by atoms with Crippen molar-refractivity contribution in [3.8, 4) is 0 Å². The Morgan fingerprint density at radius 2 is 2.44 bits per heavy atom. The van der Waals surface area contributed by atoms with Crippen molar-refractivity contribution >= 4 is 39.3 Å². The predicted molar refractivity (Wildman–Crippen MR) is 71.7 cm³/mol. The van der Waals surface area contributed by atoms with Crippen LogP contribution in [0.3, 0.4) is 0 Å². The molecular weight excluding hydrogens is 290 g/mol. The largest absolute Gasteiger partial charge is 0.355 e. The van der Waals surface area contributed by atoms with Crippen molar-refractivity contribution in [3.63, 3.8) is 0 Å². The van der Waals surface area contributed by atoms with Gasteiger partial charge in [-0.2, -0.15) is 11.8 Å². The lowest BCUT2D eigenvalue weighted by Gasteiger charge is -2.26. The van der Waals surface area contributed by atoms with E-state index in [4.69, 9.17) is 5.84 Å². The third-order valence-electron chi connectivity index (χ3n) is 2.70. The van der Waals surface area contributed by atoms with Crippen LogP contribution in [0.15, 0.2) is 10.8 Å². The molecule has 3 N–H and O–H groups in total. The number of hydrogen-bond donors (Lipinski definition) is 2. The van der Waals surface area contributed by atoms with Crippen LogP contribution < -0.4 is 16.2 Å². The summed E-state index contributed by atoms with van der Waals surface area (Å²) < 4.78 is 0.817. The van der Waals surface area contributed by atoms with Gasteiger partial charge in [-0.3, -0.25) is 0 Å². The zero-order valence-corrected chi connectivity index (χ0v) is 11.4. The normalized spacial score (nSPS) is 19.8. The van der Waals surface area contributed by atoms with Crippen LogP contribution in [-0.2, 0) is 0 Å². The van der Waals surface area contributed by atoms with Crippen LogP contribution in [0.4, 0.5) is 11.6 Å². The number of halogens is 1. The van der Waals surface area contributed by atoms with E-state index in [1.165, 1.54) is 18.5 Å². The molecule has 1 aromatic rings. The molecule has 88 valence electrons. The van der Waals surface area contributed by atoms with Crippen LogP contribution in [0.1, 0.15) is 6.42 Å². The van der Waals surface area contributed by atoms with E-state index in [2.05, 4.69) is 43.3 Å². The van der Waals surface area contributed by atoms with Crippen LogP contribution in [0.5, 0.6) is 0 Å². The number of hydrazine groups is 1. The SMILES string of the molecule is CN(c1ncnc(NN)c1Br)C1CCSC1. The second-order valence-electron chi connectivity index (χ2n) is 3.63. The van der Waals surface area contributed by atoms with Gasteiger partial charge < -0.3 is 10.3 Å². The summed E-state index contributed by atoms with van der Waals surface area (Å²) in [6.45, 7) is 0. The smallest absolute Gasteiger partial charge is 0.159 e. The van der Waals surface area contributed by atoms with E-state index in [0.29, 0.717) is 11.9 Å². The number of nitrogens with one attached hydrogen (secondary N) is 1. The second kappa shape index (κ2) is 5.20. The molecule has 0 aliphatic carbocycles. The first kappa shape index (κ1) is 11.9. The molecule has 0 spiro atoms. The van der Waals surface area contributed by atoms with Gasteiger partial charge in [0.25, 0.3) is 0 Å². The Morgan fingerprint density at radius 1 is 1.62 bits per heavy atom. The van der Waals surface area contributed by atoms with E-state index in [1.807, 2.05) is 11.8 Å². The van der Waals surface area contributed by atoms with Crippen LogP contribution in [0.25, 0.3) is 0 Å². The summed E-state index contributed by atoms with van der Waals surface area (Å²) in [4.78, 5) is 10.5. The predicted octanol–water partition coefficient (Wildman–Crippen LogP) is 1.47. The Kier molecular flexibility index (Phi) is 3.88. The maximum atomic E-state index is 5.38. The van der Waals surface area contributed by atoms with Gasteiger partial charge in [0.05, 0.1) is 0 Å². The van der Waals surface area contributed by atoms with Crippen molar-refractivity contribution in [3.05, 3.63) is 10.8 Å². The summed E-state index contributed by atoms with van der Waals surface area (Å²) in [5.74, 6) is 9.25. The molecule has 0 amide bonds. The Balaban J connectivity index is 2.25. The topological polar surface area (TPSA) is 67.1 Å². The molecule has 0 saturated carbocycles. The maximum Gasteiger partial charge on any atom is 0.159 e. The fourth-order valence-corrected chi connectivity index (χ4v) is 3.57. The number of nitrogen functional groups attached to an aromatic ring is 1. The third-order valence-corrected chi connectivity index (χ3v) is 4.57.